The van der Waals surface area contributed by atoms with Crippen LogP contribution in [0.4, 0.5) is 0 Å². The van der Waals surface area contributed by atoms with Crippen LogP contribution in [0, 0.1) is 11.3 Å². The van der Waals surface area contributed by atoms with Gasteiger partial charge in [0.05, 0.1) is 6.04 Å². The average molecular weight is 239 g/mol. The van der Waals surface area contributed by atoms with Crippen LogP contribution in [-0.2, 0) is 9.59 Å². The zero-order chi connectivity index (χ0) is 13.2. The highest BCUT2D eigenvalue weighted by molar-refractivity contribution is 5.91. The van der Waals surface area contributed by atoms with Crippen LogP contribution in [0.2, 0.25) is 0 Å². The summed E-state index contributed by atoms with van der Waals surface area (Å²) in [5.74, 6) is 0.806. The third-order valence-corrected chi connectivity index (χ3v) is 3.59. The number of nitrogens with zero attached hydrogens (tertiary/aromatic N) is 1. The SMILES string of the molecule is CCC(=O)C1CC(CC)CN1C(=O)C(C)(C)C. The zero-order valence-corrected chi connectivity index (χ0v) is 11.7. The largest absolute Gasteiger partial charge is 0.332 e. The Morgan fingerprint density at radius 3 is 2.24 bits per heavy atom. The number of rotatable bonds is 3. The molecule has 1 rings (SSSR count). The fraction of sp³-hybridized carbons (Fsp3) is 0.857. The first-order chi connectivity index (χ1) is 7.81. The molecule has 0 aromatic heterocycles. The molecule has 1 aliphatic heterocycles. The van der Waals surface area contributed by atoms with Crippen LogP contribution < -0.4 is 0 Å². The van der Waals surface area contributed by atoms with Gasteiger partial charge in [0, 0.05) is 18.4 Å². The molecule has 0 aliphatic carbocycles. The summed E-state index contributed by atoms with van der Waals surface area (Å²) in [5.41, 5.74) is -0.394. The molecule has 1 heterocycles. The number of hydrogen-bond acceptors (Lipinski definition) is 2. The van der Waals surface area contributed by atoms with Crippen molar-refractivity contribution in [3.8, 4) is 0 Å². The van der Waals surface area contributed by atoms with Crippen LogP contribution in [0.3, 0.4) is 0 Å². The maximum Gasteiger partial charge on any atom is 0.228 e. The number of carbonyl (C=O) groups excluding carboxylic acids is 2. The van der Waals surface area contributed by atoms with Gasteiger partial charge in [0.2, 0.25) is 5.91 Å². The van der Waals surface area contributed by atoms with Crippen molar-refractivity contribution in [2.45, 2.75) is 59.9 Å². The minimum absolute atomic E-state index is 0.111. The van der Waals surface area contributed by atoms with E-state index in [2.05, 4.69) is 6.92 Å². The van der Waals surface area contributed by atoms with Gasteiger partial charge in [-0.15, -0.1) is 0 Å². The van der Waals surface area contributed by atoms with Crippen molar-refractivity contribution in [3.05, 3.63) is 0 Å². The Kier molecular flexibility index (Phi) is 4.34. The Bertz CT molecular complexity index is 304. The lowest BCUT2D eigenvalue weighted by atomic mass is 9.94. The molecule has 0 saturated carbocycles. The van der Waals surface area contributed by atoms with Gasteiger partial charge in [-0.25, -0.2) is 0 Å². The number of amides is 1. The van der Waals surface area contributed by atoms with E-state index < -0.39 is 5.41 Å². The van der Waals surface area contributed by atoms with Gasteiger partial charge in [-0.1, -0.05) is 41.0 Å². The summed E-state index contributed by atoms with van der Waals surface area (Å²) in [6.45, 7) is 10.5. The van der Waals surface area contributed by atoms with Crippen molar-refractivity contribution in [1.82, 2.24) is 4.90 Å². The van der Waals surface area contributed by atoms with Crippen LogP contribution in [0.25, 0.3) is 0 Å². The minimum Gasteiger partial charge on any atom is -0.332 e. The Balaban J connectivity index is 2.87. The van der Waals surface area contributed by atoms with Crippen molar-refractivity contribution >= 4 is 11.7 Å². The molecule has 1 fully saturated rings. The lowest BCUT2D eigenvalue weighted by Crippen LogP contribution is -2.45. The van der Waals surface area contributed by atoms with Crippen LogP contribution in [0.15, 0.2) is 0 Å². The fourth-order valence-electron chi connectivity index (χ4n) is 2.41. The summed E-state index contributed by atoms with van der Waals surface area (Å²) in [6, 6.07) is -0.170. The lowest BCUT2D eigenvalue weighted by Gasteiger charge is -2.30. The van der Waals surface area contributed by atoms with Gasteiger partial charge in [0.25, 0.3) is 0 Å². The van der Waals surface area contributed by atoms with Gasteiger partial charge >= 0.3 is 0 Å². The number of Topliss-reactive ketones (excluding diaryl/α,β-unsaturated/α-hetero) is 1. The Morgan fingerprint density at radius 2 is 1.82 bits per heavy atom. The van der Waals surface area contributed by atoms with Gasteiger partial charge in [0.1, 0.15) is 0 Å². The number of carbonyl (C=O) groups is 2. The maximum atomic E-state index is 12.3. The second-order valence-corrected chi connectivity index (χ2v) is 6.05. The lowest BCUT2D eigenvalue weighted by molar-refractivity contribution is -0.144. The topological polar surface area (TPSA) is 37.4 Å². The Hall–Kier alpha value is -0.860. The highest BCUT2D eigenvalue weighted by atomic mass is 16.2. The molecule has 1 aliphatic rings. The van der Waals surface area contributed by atoms with Crippen LogP contribution in [-0.4, -0.2) is 29.2 Å². The molecule has 0 aromatic carbocycles. The first kappa shape index (κ1) is 14.2. The third-order valence-electron chi connectivity index (χ3n) is 3.59. The highest BCUT2D eigenvalue weighted by Gasteiger charge is 2.41. The quantitative estimate of drug-likeness (QED) is 0.759. The van der Waals surface area contributed by atoms with Crippen molar-refractivity contribution in [1.29, 1.82) is 0 Å². The fourth-order valence-corrected chi connectivity index (χ4v) is 2.41. The second kappa shape index (κ2) is 5.19. The maximum absolute atomic E-state index is 12.3. The number of ketones is 1. The van der Waals surface area contributed by atoms with E-state index in [4.69, 9.17) is 0 Å². The molecule has 3 heteroatoms. The van der Waals surface area contributed by atoms with E-state index >= 15 is 0 Å². The molecular weight excluding hydrogens is 214 g/mol. The van der Waals surface area contributed by atoms with E-state index in [0.29, 0.717) is 12.3 Å². The van der Waals surface area contributed by atoms with Crippen molar-refractivity contribution in [3.63, 3.8) is 0 Å². The van der Waals surface area contributed by atoms with E-state index in [-0.39, 0.29) is 17.7 Å². The van der Waals surface area contributed by atoms with Gasteiger partial charge in [-0.05, 0) is 12.3 Å². The molecule has 0 spiro atoms. The molecule has 2 atom stereocenters. The molecule has 0 radical (unpaired) electrons. The second-order valence-electron chi connectivity index (χ2n) is 6.05. The molecule has 3 nitrogen and oxygen atoms in total. The highest BCUT2D eigenvalue weighted by Crippen LogP contribution is 2.31. The van der Waals surface area contributed by atoms with Crippen LogP contribution in [0.1, 0.15) is 53.9 Å². The van der Waals surface area contributed by atoms with E-state index in [1.165, 1.54) is 0 Å². The Labute approximate surface area is 105 Å². The summed E-state index contributed by atoms with van der Waals surface area (Å²) in [5, 5.41) is 0. The van der Waals surface area contributed by atoms with E-state index in [9.17, 15) is 9.59 Å². The normalized spacial score (nSPS) is 25.1. The molecule has 17 heavy (non-hydrogen) atoms. The standard InChI is InChI=1S/C14H25NO2/c1-6-10-8-11(12(16)7-2)15(9-10)13(17)14(3,4)5/h10-11H,6-9H2,1-5H3. The van der Waals surface area contributed by atoms with Crippen LogP contribution >= 0.6 is 0 Å². The average Bonchev–Trinajstić information content (AvgIpc) is 2.69. The minimum atomic E-state index is -0.394. The van der Waals surface area contributed by atoms with Crippen LogP contribution in [0.5, 0.6) is 0 Å². The predicted molar refractivity (Wildman–Crippen MR) is 68.7 cm³/mol. The van der Waals surface area contributed by atoms with Crippen molar-refractivity contribution < 1.29 is 9.59 Å². The van der Waals surface area contributed by atoms with Gasteiger partial charge in [-0.3, -0.25) is 9.59 Å². The number of hydrogen-bond donors (Lipinski definition) is 0. The van der Waals surface area contributed by atoms with Crippen molar-refractivity contribution in [2.24, 2.45) is 11.3 Å². The molecule has 0 bridgehead atoms. The molecular formula is C14H25NO2. The molecule has 1 saturated heterocycles. The first-order valence-electron chi connectivity index (χ1n) is 6.65. The number of likely N-dealkylation sites (tertiary alicyclic amines) is 1. The summed E-state index contributed by atoms with van der Waals surface area (Å²) in [6.07, 6.45) is 2.42. The molecule has 0 N–H and O–H groups in total. The summed E-state index contributed by atoms with van der Waals surface area (Å²) < 4.78 is 0. The van der Waals surface area contributed by atoms with E-state index in [1.54, 1.807) is 0 Å². The van der Waals surface area contributed by atoms with Crippen molar-refractivity contribution in [2.75, 3.05) is 6.54 Å². The molecule has 1 amide bonds. The monoisotopic (exact) mass is 239 g/mol. The summed E-state index contributed by atoms with van der Waals surface area (Å²) in [4.78, 5) is 26.1. The predicted octanol–water partition coefficient (Wildman–Crippen LogP) is 2.64. The molecule has 2 unspecified atom stereocenters. The van der Waals surface area contributed by atoms with Gasteiger partial charge < -0.3 is 4.90 Å². The first-order valence-corrected chi connectivity index (χ1v) is 6.65. The summed E-state index contributed by atoms with van der Waals surface area (Å²) in [7, 11) is 0. The Morgan fingerprint density at radius 1 is 1.24 bits per heavy atom. The smallest absolute Gasteiger partial charge is 0.228 e. The third kappa shape index (κ3) is 3.08. The summed E-state index contributed by atoms with van der Waals surface area (Å²) >= 11 is 0. The zero-order valence-electron chi connectivity index (χ0n) is 11.7. The van der Waals surface area contributed by atoms with Gasteiger partial charge in [0.15, 0.2) is 5.78 Å². The van der Waals surface area contributed by atoms with Gasteiger partial charge in [-0.2, -0.15) is 0 Å². The van der Waals surface area contributed by atoms with E-state index in [0.717, 1.165) is 19.4 Å². The molecule has 98 valence electrons. The van der Waals surface area contributed by atoms with E-state index in [1.807, 2.05) is 32.6 Å². The molecule has 0 aromatic rings.